The molecule has 2 heterocycles. The minimum atomic E-state index is -1.50. The van der Waals surface area contributed by atoms with Crippen LogP contribution < -0.4 is 5.32 Å². The van der Waals surface area contributed by atoms with Gasteiger partial charge in [-0.1, -0.05) is 0 Å². The molecule has 2 aromatic rings. The van der Waals surface area contributed by atoms with Gasteiger partial charge in [-0.25, -0.2) is 0 Å². The number of nitrogens with zero attached hydrogens (tertiary/aromatic N) is 1. The van der Waals surface area contributed by atoms with Crippen LogP contribution in [0.25, 0.3) is 0 Å². The first-order valence-electron chi connectivity index (χ1n) is 5.82. The van der Waals surface area contributed by atoms with E-state index in [9.17, 15) is 9.90 Å². The fourth-order valence-electron chi connectivity index (χ4n) is 2.29. The Balaban J connectivity index is 2.04. The second-order valence-corrected chi connectivity index (χ2v) is 5.78. The highest BCUT2D eigenvalue weighted by atomic mass is 127. The monoisotopic (exact) mass is 366 g/mol. The molecule has 96 valence electrons. The lowest BCUT2D eigenvalue weighted by Crippen LogP contribution is -2.36. The molecule has 0 spiro atoms. The Morgan fingerprint density at radius 3 is 2.74 bits per heavy atom. The average molecular weight is 366 g/mol. The van der Waals surface area contributed by atoms with E-state index in [0.717, 1.165) is 9.13 Å². The number of amides is 1. The third-order valence-electron chi connectivity index (χ3n) is 3.26. The number of hydrogen-bond acceptors (Lipinski definition) is 3. The summed E-state index contributed by atoms with van der Waals surface area (Å²) in [6.07, 6.45) is 3.55. The second kappa shape index (κ2) is 4.57. The Morgan fingerprint density at radius 2 is 2.00 bits per heavy atom. The van der Waals surface area contributed by atoms with Gasteiger partial charge in [-0.3, -0.25) is 9.78 Å². The SMILES string of the molecule is O=C1Nc2ccc(I)cc2C1(O)Cc1ccncc1. The summed E-state index contributed by atoms with van der Waals surface area (Å²) < 4.78 is 0.987. The minimum absolute atomic E-state index is 0.244. The van der Waals surface area contributed by atoms with Gasteiger partial charge < -0.3 is 10.4 Å². The Bertz CT molecular complexity index is 645. The van der Waals surface area contributed by atoms with Gasteiger partial charge in [0.15, 0.2) is 5.60 Å². The predicted octanol–water partition coefficient (Wildman–Crippen LogP) is 2.07. The molecule has 19 heavy (non-hydrogen) atoms. The van der Waals surface area contributed by atoms with Gasteiger partial charge in [-0.15, -0.1) is 0 Å². The molecule has 1 aliphatic heterocycles. The van der Waals surface area contributed by atoms with Gasteiger partial charge in [-0.2, -0.15) is 0 Å². The summed E-state index contributed by atoms with van der Waals surface area (Å²) in [7, 11) is 0. The van der Waals surface area contributed by atoms with Gasteiger partial charge in [0.2, 0.25) is 0 Å². The number of aromatic nitrogens is 1. The van der Waals surface area contributed by atoms with Crippen molar-refractivity contribution in [3.8, 4) is 0 Å². The third kappa shape index (κ3) is 2.12. The van der Waals surface area contributed by atoms with Crippen molar-refractivity contribution in [2.45, 2.75) is 12.0 Å². The van der Waals surface area contributed by atoms with Crippen molar-refractivity contribution in [3.63, 3.8) is 0 Å². The number of pyridine rings is 1. The van der Waals surface area contributed by atoms with Crippen LogP contribution in [0, 0.1) is 3.57 Å². The molecule has 4 nitrogen and oxygen atoms in total. The number of carbonyl (C=O) groups excluding carboxylic acids is 1. The lowest BCUT2D eigenvalue weighted by atomic mass is 9.89. The van der Waals surface area contributed by atoms with Crippen molar-refractivity contribution in [1.82, 2.24) is 4.98 Å². The Hall–Kier alpha value is -1.47. The van der Waals surface area contributed by atoms with E-state index in [4.69, 9.17) is 0 Å². The van der Waals surface area contributed by atoms with Crippen LogP contribution in [0.5, 0.6) is 0 Å². The van der Waals surface area contributed by atoms with E-state index in [1.54, 1.807) is 24.5 Å². The molecule has 0 saturated carbocycles. The van der Waals surface area contributed by atoms with Crippen molar-refractivity contribution in [3.05, 3.63) is 57.4 Å². The number of carbonyl (C=O) groups is 1. The molecule has 3 rings (SSSR count). The highest BCUT2D eigenvalue weighted by Gasteiger charge is 2.45. The van der Waals surface area contributed by atoms with Gasteiger partial charge in [-0.05, 0) is 58.5 Å². The number of aliphatic hydroxyl groups is 1. The zero-order chi connectivity index (χ0) is 13.5. The highest BCUT2D eigenvalue weighted by molar-refractivity contribution is 14.1. The van der Waals surface area contributed by atoms with E-state index in [0.29, 0.717) is 11.3 Å². The van der Waals surface area contributed by atoms with E-state index < -0.39 is 5.60 Å². The Morgan fingerprint density at radius 1 is 1.26 bits per heavy atom. The maximum Gasteiger partial charge on any atom is 0.261 e. The number of fused-ring (bicyclic) bond motifs is 1. The van der Waals surface area contributed by atoms with Gasteiger partial charge >= 0.3 is 0 Å². The normalized spacial score (nSPS) is 21.1. The number of rotatable bonds is 2. The zero-order valence-electron chi connectivity index (χ0n) is 9.93. The predicted molar refractivity (Wildman–Crippen MR) is 79.6 cm³/mol. The molecule has 1 unspecified atom stereocenters. The summed E-state index contributed by atoms with van der Waals surface area (Å²) in [4.78, 5) is 16.0. The fourth-order valence-corrected chi connectivity index (χ4v) is 2.78. The summed E-state index contributed by atoms with van der Waals surface area (Å²) in [5.41, 5.74) is 0.695. The molecule has 1 aromatic carbocycles. The number of nitrogens with one attached hydrogen (secondary N) is 1. The molecule has 2 N–H and O–H groups in total. The molecule has 5 heteroatoms. The summed E-state index contributed by atoms with van der Waals surface area (Å²) in [6, 6.07) is 9.17. The van der Waals surface area contributed by atoms with Gasteiger partial charge in [0.05, 0.1) is 0 Å². The smallest absolute Gasteiger partial charge is 0.261 e. The summed E-state index contributed by atoms with van der Waals surface area (Å²) in [5.74, 6) is -0.374. The summed E-state index contributed by atoms with van der Waals surface area (Å²) in [5, 5.41) is 13.5. The van der Waals surface area contributed by atoms with Crippen LogP contribution >= 0.6 is 22.6 Å². The van der Waals surface area contributed by atoms with Crippen LogP contribution in [0.15, 0.2) is 42.7 Å². The first-order chi connectivity index (χ1) is 9.09. The molecule has 1 amide bonds. The number of anilines is 1. The van der Waals surface area contributed by atoms with Crippen LogP contribution in [-0.4, -0.2) is 16.0 Å². The molecule has 0 bridgehead atoms. The molecule has 1 atom stereocenters. The van der Waals surface area contributed by atoms with Crippen molar-refractivity contribution in [1.29, 1.82) is 0 Å². The van der Waals surface area contributed by atoms with E-state index in [-0.39, 0.29) is 12.3 Å². The van der Waals surface area contributed by atoms with E-state index in [1.807, 2.05) is 18.2 Å². The molecule has 0 saturated heterocycles. The lowest BCUT2D eigenvalue weighted by Gasteiger charge is -2.21. The van der Waals surface area contributed by atoms with E-state index in [2.05, 4.69) is 32.9 Å². The zero-order valence-corrected chi connectivity index (χ0v) is 12.1. The molecule has 1 aliphatic rings. The summed E-state index contributed by atoms with van der Waals surface area (Å²) in [6.45, 7) is 0. The van der Waals surface area contributed by atoms with Crippen LogP contribution in [0.4, 0.5) is 5.69 Å². The average Bonchev–Trinajstić information content (AvgIpc) is 2.64. The molecular weight excluding hydrogens is 355 g/mol. The van der Waals surface area contributed by atoms with Crippen LogP contribution in [-0.2, 0) is 16.8 Å². The van der Waals surface area contributed by atoms with Crippen molar-refractivity contribution in [2.24, 2.45) is 0 Å². The van der Waals surface area contributed by atoms with Gasteiger partial charge in [0, 0.05) is 33.6 Å². The quantitative estimate of drug-likeness (QED) is 0.800. The number of halogens is 1. The molecular formula is C14H11IN2O2. The first-order valence-corrected chi connectivity index (χ1v) is 6.90. The largest absolute Gasteiger partial charge is 0.375 e. The van der Waals surface area contributed by atoms with Crippen molar-refractivity contribution in [2.75, 3.05) is 5.32 Å². The van der Waals surface area contributed by atoms with Crippen LogP contribution in [0.3, 0.4) is 0 Å². The Kier molecular flexibility index (Phi) is 3.02. The lowest BCUT2D eigenvalue weighted by molar-refractivity contribution is -0.133. The van der Waals surface area contributed by atoms with Crippen LogP contribution in [0.1, 0.15) is 11.1 Å². The minimum Gasteiger partial charge on any atom is -0.375 e. The van der Waals surface area contributed by atoms with Crippen molar-refractivity contribution < 1.29 is 9.90 Å². The van der Waals surface area contributed by atoms with Gasteiger partial charge in [0.25, 0.3) is 5.91 Å². The van der Waals surface area contributed by atoms with Crippen LogP contribution in [0.2, 0.25) is 0 Å². The summed E-state index contributed by atoms with van der Waals surface area (Å²) >= 11 is 2.17. The standard InChI is InChI=1S/C14H11IN2O2/c15-10-1-2-12-11(7-10)14(19,13(18)17-12)8-9-3-5-16-6-4-9/h1-7,19H,8H2,(H,17,18). The fraction of sp³-hybridized carbons (Fsp3) is 0.143. The third-order valence-corrected chi connectivity index (χ3v) is 3.93. The number of hydrogen-bond donors (Lipinski definition) is 2. The van der Waals surface area contributed by atoms with E-state index in [1.165, 1.54) is 0 Å². The van der Waals surface area contributed by atoms with E-state index >= 15 is 0 Å². The van der Waals surface area contributed by atoms with Gasteiger partial charge in [0.1, 0.15) is 0 Å². The first kappa shape index (κ1) is 12.6. The molecule has 0 fully saturated rings. The second-order valence-electron chi connectivity index (χ2n) is 4.54. The molecule has 0 radical (unpaired) electrons. The Labute approximate surface area is 124 Å². The topological polar surface area (TPSA) is 62.2 Å². The van der Waals surface area contributed by atoms with Crippen molar-refractivity contribution >= 4 is 34.2 Å². The maximum absolute atomic E-state index is 12.1. The maximum atomic E-state index is 12.1. The number of benzene rings is 1. The highest BCUT2D eigenvalue weighted by Crippen LogP contribution is 2.38. The molecule has 1 aromatic heterocycles. The molecule has 0 aliphatic carbocycles.